The summed E-state index contributed by atoms with van der Waals surface area (Å²) in [6.45, 7) is 7.71. The first-order chi connectivity index (χ1) is 8.69. The van der Waals surface area contributed by atoms with Crippen molar-refractivity contribution in [3.05, 3.63) is 23.3 Å². The maximum Gasteiger partial charge on any atom is 0.128 e. The Kier molecular flexibility index (Phi) is 4.70. The number of rotatable bonds is 5. The quantitative estimate of drug-likeness (QED) is 0.869. The Balaban J connectivity index is 1.97. The van der Waals surface area contributed by atoms with Crippen LogP contribution in [0.25, 0.3) is 0 Å². The van der Waals surface area contributed by atoms with E-state index < -0.39 is 0 Å². The molecule has 0 radical (unpaired) electrons. The summed E-state index contributed by atoms with van der Waals surface area (Å²) in [4.78, 5) is 9.18. The zero-order valence-electron chi connectivity index (χ0n) is 11.9. The van der Waals surface area contributed by atoms with E-state index in [1.54, 1.807) is 0 Å². The third-order valence-electron chi connectivity index (χ3n) is 3.59. The molecule has 1 aromatic heterocycles. The molecule has 100 valence electrons. The molecule has 1 aliphatic carbocycles. The van der Waals surface area contributed by atoms with E-state index in [1.807, 2.05) is 0 Å². The molecule has 18 heavy (non-hydrogen) atoms. The first-order valence-corrected chi connectivity index (χ1v) is 7.26. The van der Waals surface area contributed by atoms with Gasteiger partial charge in [0.2, 0.25) is 0 Å². The highest BCUT2D eigenvalue weighted by Gasteiger charge is 2.20. The summed E-state index contributed by atoms with van der Waals surface area (Å²) >= 11 is 0. The van der Waals surface area contributed by atoms with Crippen LogP contribution in [0.4, 0.5) is 0 Å². The second kappa shape index (κ2) is 6.28. The first kappa shape index (κ1) is 13.5. The van der Waals surface area contributed by atoms with Gasteiger partial charge in [0.1, 0.15) is 5.82 Å². The monoisotopic (exact) mass is 247 g/mol. The fraction of sp³-hybridized carbons (Fsp3) is 0.733. The minimum Gasteiger partial charge on any atom is -0.314 e. The highest BCUT2D eigenvalue weighted by Crippen LogP contribution is 2.23. The number of hydrogen-bond donors (Lipinski definition) is 1. The molecule has 0 amide bonds. The Hall–Kier alpha value is -0.960. The van der Waals surface area contributed by atoms with E-state index in [1.165, 1.54) is 17.7 Å². The van der Waals surface area contributed by atoms with Gasteiger partial charge in [-0.3, -0.25) is 0 Å². The standard InChI is InChI=1S/C15H25N3/c1-4-5-15-17-10-13-8-12(9-16-11(2)3)6-7-14(13)18-15/h10-12,16H,4-9H2,1-3H3. The van der Waals surface area contributed by atoms with Crippen LogP contribution in [0.1, 0.15) is 50.7 Å². The third-order valence-corrected chi connectivity index (χ3v) is 3.59. The lowest BCUT2D eigenvalue weighted by molar-refractivity contribution is 0.402. The second-order valence-electron chi connectivity index (χ2n) is 5.68. The number of aryl methyl sites for hydroxylation is 2. The lowest BCUT2D eigenvalue weighted by Crippen LogP contribution is -2.32. The maximum absolute atomic E-state index is 4.70. The summed E-state index contributed by atoms with van der Waals surface area (Å²) in [7, 11) is 0. The molecule has 1 aliphatic rings. The predicted molar refractivity (Wildman–Crippen MR) is 74.7 cm³/mol. The molecular formula is C15H25N3. The number of nitrogens with zero attached hydrogens (tertiary/aromatic N) is 2. The number of fused-ring (bicyclic) bond motifs is 1. The van der Waals surface area contributed by atoms with E-state index in [0.717, 1.165) is 44.0 Å². The summed E-state index contributed by atoms with van der Waals surface area (Å²) in [5.74, 6) is 1.77. The summed E-state index contributed by atoms with van der Waals surface area (Å²) in [5.41, 5.74) is 2.67. The van der Waals surface area contributed by atoms with Crippen LogP contribution in [0.2, 0.25) is 0 Å². The van der Waals surface area contributed by atoms with E-state index in [2.05, 4.69) is 37.3 Å². The van der Waals surface area contributed by atoms with Crippen LogP contribution in [0.3, 0.4) is 0 Å². The Morgan fingerprint density at radius 3 is 3.00 bits per heavy atom. The zero-order valence-corrected chi connectivity index (χ0v) is 11.9. The molecule has 0 saturated carbocycles. The van der Waals surface area contributed by atoms with Gasteiger partial charge in [0.25, 0.3) is 0 Å². The molecule has 0 saturated heterocycles. The van der Waals surface area contributed by atoms with Gasteiger partial charge in [0.15, 0.2) is 0 Å². The summed E-state index contributed by atoms with van der Waals surface area (Å²) in [6, 6.07) is 0.578. The van der Waals surface area contributed by atoms with Crippen LogP contribution in [0, 0.1) is 5.92 Å². The molecule has 1 unspecified atom stereocenters. The van der Waals surface area contributed by atoms with Crippen molar-refractivity contribution in [2.45, 2.75) is 58.9 Å². The average Bonchev–Trinajstić information content (AvgIpc) is 2.36. The van der Waals surface area contributed by atoms with Crippen LogP contribution in [-0.2, 0) is 19.3 Å². The molecular weight excluding hydrogens is 222 g/mol. The number of nitrogens with one attached hydrogen (secondary N) is 1. The van der Waals surface area contributed by atoms with Gasteiger partial charge in [-0.15, -0.1) is 0 Å². The molecule has 3 nitrogen and oxygen atoms in total. The number of hydrogen-bond acceptors (Lipinski definition) is 3. The maximum atomic E-state index is 4.70. The van der Waals surface area contributed by atoms with Gasteiger partial charge in [-0.2, -0.15) is 0 Å². The third kappa shape index (κ3) is 3.52. The molecule has 0 fully saturated rings. The fourth-order valence-electron chi connectivity index (χ4n) is 2.54. The van der Waals surface area contributed by atoms with Crippen molar-refractivity contribution in [1.82, 2.24) is 15.3 Å². The largest absolute Gasteiger partial charge is 0.314 e. The van der Waals surface area contributed by atoms with Crippen molar-refractivity contribution in [3.8, 4) is 0 Å². The summed E-state index contributed by atoms with van der Waals surface area (Å²) in [6.07, 6.45) is 7.72. The predicted octanol–water partition coefficient (Wildman–Crippen LogP) is 2.53. The normalized spacial score (nSPS) is 19.0. The van der Waals surface area contributed by atoms with Gasteiger partial charge in [-0.25, -0.2) is 9.97 Å². The van der Waals surface area contributed by atoms with Crippen molar-refractivity contribution in [1.29, 1.82) is 0 Å². The zero-order chi connectivity index (χ0) is 13.0. The molecule has 2 rings (SSSR count). The van der Waals surface area contributed by atoms with Gasteiger partial charge in [0, 0.05) is 24.4 Å². The molecule has 1 heterocycles. The smallest absolute Gasteiger partial charge is 0.128 e. The Morgan fingerprint density at radius 2 is 2.28 bits per heavy atom. The van der Waals surface area contributed by atoms with Gasteiger partial charge >= 0.3 is 0 Å². The van der Waals surface area contributed by atoms with E-state index in [-0.39, 0.29) is 0 Å². The minimum absolute atomic E-state index is 0.578. The lowest BCUT2D eigenvalue weighted by Gasteiger charge is -2.25. The van der Waals surface area contributed by atoms with Gasteiger partial charge in [-0.1, -0.05) is 20.8 Å². The van der Waals surface area contributed by atoms with Gasteiger partial charge in [-0.05, 0) is 43.7 Å². The fourth-order valence-corrected chi connectivity index (χ4v) is 2.54. The van der Waals surface area contributed by atoms with Crippen molar-refractivity contribution >= 4 is 0 Å². The molecule has 0 spiro atoms. The molecule has 0 bridgehead atoms. The molecule has 3 heteroatoms. The Bertz CT molecular complexity index is 387. The highest BCUT2D eigenvalue weighted by molar-refractivity contribution is 5.21. The van der Waals surface area contributed by atoms with Crippen molar-refractivity contribution in [2.75, 3.05) is 6.54 Å². The van der Waals surface area contributed by atoms with Crippen LogP contribution in [0.5, 0.6) is 0 Å². The minimum atomic E-state index is 0.578. The van der Waals surface area contributed by atoms with Crippen LogP contribution < -0.4 is 5.32 Å². The van der Waals surface area contributed by atoms with E-state index in [4.69, 9.17) is 4.98 Å². The van der Waals surface area contributed by atoms with E-state index >= 15 is 0 Å². The molecule has 0 aliphatic heterocycles. The van der Waals surface area contributed by atoms with Crippen LogP contribution in [-0.4, -0.2) is 22.6 Å². The van der Waals surface area contributed by atoms with Crippen molar-refractivity contribution < 1.29 is 0 Å². The average molecular weight is 247 g/mol. The van der Waals surface area contributed by atoms with Crippen LogP contribution >= 0.6 is 0 Å². The topological polar surface area (TPSA) is 37.8 Å². The first-order valence-electron chi connectivity index (χ1n) is 7.26. The lowest BCUT2D eigenvalue weighted by atomic mass is 9.87. The molecule has 1 N–H and O–H groups in total. The van der Waals surface area contributed by atoms with Gasteiger partial charge in [0.05, 0.1) is 0 Å². The molecule has 1 aromatic rings. The Labute approximate surface area is 110 Å². The van der Waals surface area contributed by atoms with Crippen molar-refractivity contribution in [2.24, 2.45) is 5.92 Å². The molecule has 0 aromatic carbocycles. The van der Waals surface area contributed by atoms with E-state index in [0.29, 0.717) is 6.04 Å². The second-order valence-corrected chi connectivity index (χ2v) is 5.68. The summed E-state index contributed by atoms with van der Waals surface area (Å²) < 4.78 is 0. The van der Waals surface area contributed by atoms with Crippen LogP contribution in [0.15, 0.2) is 6.20 Å². The Morgan fingerprint density at radius 1 is 1.44 bits per heavy atom. The SMILES string of the molecule is CCCc1ncc2c(n1)CCC(CNC(C)C)C2. The number of aromatic nitrogens is 2. The highest BCUT2D eigenvalue weighted by atomic mass is 14.9. The van der Waals surface area contributed by atoms with Crippen molar-refractivity contribution in [3.63, 3.8) is 0 Å². The summed E-state index contributed by atoms with van der Waals surface area (Å²) in [5, 5.41) is 3.54. The van der Waals surface area contributed by atoms with Gasteiger partial charge < -0.3 is 5.32 Å². The van der Waals surface area contributed by atoms with E-state index in [9.17, 15) is 0 Å². The molecule has 1 atom stereocenters.